The molecule has 0 aromatic heterocycles. The molecule has 2 N–H and O–H groups in total. The molecule has 1 saturated heterocycles. The third-order valence-corrected chi connectivity index (χ3v) is 8.42. The van der Waals surface area contributed by atoms with E-state index in [4.69, 9.17) is 16.7 Å². The lowest BCUT2D eigenvalue weighted by Gasteiger charge is -2.41. The summed E-state index contributed by atoms with van der Waals surface area (Å²) < 4.78 is 0. The largest absolute Gasteiger partial charge is 0.481 e. The van der Waals surface area contributed by atoms with Gasteiger partial charge in [-0.15, -0.1) is 0 Å². The van der Waals surface area contributed by atoms with E-state index in [1.54, 1.807) is 20.8 Å². The average molecular weight is 651 g/mol. The second kappa shape index (κ2) is 17.3. The third-order valence-electron chi connectivity index (χ3n) is 8.18. The summed E-state index contributed by atoms with van der Waals surface area (Å²) in [4.78, 5) is 16.9. The summed E-state index contributed by atoms with van der Waals surface area (Å²) in [5, 5.41) is 19.1. The maximum atomic E-state index is 12.0. The van der Waals surface area contributed by atoms with Crippen LogP contribution < -0.4 is 0 Å². The molecule has 0 atom stereocenters. The molecule has 4 rings (SSSR count). The number of nitrogens with zero attached hydrogens (tertiary/aromatic N) is 2. The van der Waals surface area contributed by atoms with Crippen molar-refractivity contribution < 1.29 is 15.0 Å². The molecule has 2 aromatic carbocycles. The van der Waals surface area contributed by atoms with E-state index >= 15 is 0 Å². The van der Waals surface area contributed by atoms with Crippen molar-refractivity contribution in [2.45, 2.75) is 114 Å². The fourth-order valence-electron chi connectivity index (χ4n) is 5.88. The molecule has 2 aliphatic heterocycles. The van der Waals surface area contributed by atoms with Gasteiger partial charge in [-0.05, 0) is 106 Å². The molecule has 0 spiro atoms. The zero-order valence-corrected chi connectivity index (χ0v) is 30.9. The van der Waals surface area contributed by atoms with Crippen LogP contribution in [0.4, 0.5) is 0 Å². The van der Waals surface area contributed by atoms with Gasteiger partial charge in [0.2, 0.25) is 0 Å². The number of piperidine rings is 1. The van der Waals surface area contributed by atoms with Crippen LogP contribution in [0.15, 0.2) is 71.5 Å². The number of carboxylic acids is 1. The fourth-order valence-corrected chi connectivity index (χ4v) is 6.09. The number of hydrogen-bond donors (Lipinski definition) is 2. The Balaban J connectivity index is 0.000000959. The molecule has 2 aliphatic rings. The first-order chi connectivity index (χ1) is 21.4. The molecule has 254 valence electrons. The standard InChI is InChI=1S/C34H43ClN2O2.C4H10O.C2H6/c1-23(2)30(20-31(38)39)33(37-16-13-34(5,6)14-17-37)32(24(3)4)27-10-11-28-22-36(15-12-26(28)19-27)21-25-8-7-9-29(35)18-25;1-4(2,3)5;1-2/h7-11,18-19H,1,12-17,20-22H2,2-6H3,(H,38,39);5H,1-3H3;1-2H3/b33-30+;;. The SMILES string of the molecule is C=C(C)/C(CC(=O)O)=C(\C(=C(C)C)c1ccc2c(c1)CCN(Cc1cccc(Cl)c1)C2)N1CCC(C)(C)CC1.CC.CC(C)(C)O. The Labute approximate surface area is 284 Å². The third kappa shape index (κ3) is 12.4. The molecule has 0 aliphatic carbocycles. The first kappa shape index (κ1) is 39.3. The molecule has 5 nitrogen and oxygen atoms in total. The number of aliphatic carboxylic acids is 1. The smallest absolute Gasteiger partial charge is 0.307 e. The minimum absolute atomic E-state index is 0.0231. The van der Waals surface area contributed by atoms with Crippen molar-refractivity contribution in [3.8, 4) is 0 Å². The Hall–Kier alpha value is -2.86. The summed E-state index contributed by atoms with van der Waals surface area (Å²) in [5.74, 6) is -0.818. The summed E-state index contributed by atoms with van der Waals surface area (Å²) in [5.41, 5.74) is 9.99. The molecule has 46 heavy (non-hydrogen) atoms. The Kier molecular flexibility index (Phi) is 14.8. The van der Waals surface area contributed by atoms with Crippen molar-refractivity contribution in [1.29, 1.82) is 0 Å². The topological polar surface area (TPSA) is 64.0 Å². The normalized spacial score (nSPS) is 16.5. The maximum absolute atomic E-state index is 12.0. The van der Waals surface area contributed by atoms with Crippen LogP contribution in [0.25, 0.3) is 5.57 Å². The van der Waals surface area contributed by atoms with E-state index in [1.807, 2.05) is 39.0 Å². The minimum Gasteiger partial charge on any atom is -0.481 e. The highest BCUT2D eigenvalue weighted by Gasteiger charge is 2.31. The van der Waals surface area contributed by atoms with Gasteiger partial charge in [0.05, 0.1) is 12.0 Å². The van der Waals surface area contributed by atoms with E-state index in [9.17, 15) is 9.90 Å². The zero-order chi connectivity index (χ0) is 34.8. The second-order valence-corrected chi connectivity index (χ2v) is 14.9. The van der Waals surface area contributed by atoms with Crippen LogP contribution in [0, 0.1) is 5.41 Å². The van der Waals surface area contributed by atoms with Gasteiger partial charge in [0.1, 0.15) is 0 Å². The number of halogens is 1. The second-order valence-electron chi connectivity index (χ2n) is 14.4. The van der Waals surface area contributed by atoms with Crippen LogP contribution in [0.1, 0.15) is 111 Å². The molecule has 1 fully saturated rings. The lowest BCUT2D eigenvalue weighted by molar-refractivity contribution is -0.136. The molecular weight excluding hydrogens is 592 g/mol. The number of likely N-dealkylation sites (tertiary alicyclic amines) is 1. The summed E-state index contributed by atoms with van der Waals surface area (Å²) in [6.45, 7) is 29.0. The van der Waals surface area contributed by atoms with E-state index < -0.39 is 11.6 Å². The number of carboxylic acid groups (broad SMARTS) is 1. The van der Waals surface area contributed by atoms with Gasteiger partial charge in [-0.3, -0.25) is 9.69 Å². The van der Waals surface area contributed by atoms with E-state index in [1.165, 1.54) is 27.8 Å². The lowest BCUT2D eigenvalue weighted by Crippen LogP contribution is -2.38. The first-order valence-corrected chi connectivity index (χ1v) is 17.2. The van der Waals surface area contributed by atoms with Gasteiger partial charge in [-0.1, -0.05) is 87.4 Å². The van der Waals surface area contributed by atoms with E-state index in [-0.39, 0.29) is 6.42 Å². The average Bonchev–Trinajstić information content (AvgIpc) is 2.95. The summed E-state index contributed by atoms with van der Waals surface area (Å²) in [6.07, 6.45) is 3.12. The summed E-state index contributed by atoms with van der Waals surface area (Å²) >= 11 is 6.21. The van der Waals surface area contributed by atoms with E-state index in [0.29, 0.717) is 5.41 Å². The molecule has 0 bridgehead atoms. The van der Waals surface area contributed by atoms with Gasteiger partial charge in [-0.2, -0.15) is 0 Å². The van der Waals surface area contributed by atoms with Crippen LogP contribution in [-0.4, -0.2) is 51.2 Å². The molecule has 0 unspecified atom stereocenters. The number of carbonyl (C=O) groups is 1. The van der Waals surface area contributed by atoms with Gasteiger partial charge >= 0.3 is 5.97 Å². The van der Waals surface area contributed by atoms with Crippen molar-refractivity contribution in [2.75, 3.05) is 19.6 Å². The van der Waals surface area contributed by atoms with Crippen molar-refractivity contribution >= 4 is 23.1 Å². The Bertz CT molecular complexity index is 1390. The van der Waals surface area contributed by atoms with Gasteiger partial charge in [0.15, 0.2) is 0 Å². The highest BCUT2D eigenvalue weighted by Crippen LogP contribution is 2.40. The highest BCUT2D eigenvalue weighted by molar-refractivity contribution is 6.30. The molecular formula is C40H59ClN2O3. The quantitative estimate of drug-likeness (QED) is 0.278. The molecule has 0 saturated carbocycles. The maximum Gasteiger partial charge on any atom is 0.307 e. The van der Waals surface area contributed by atoms with E-state index in [2.05, 4.69) is 68.3 Å². The zero-order valence-electron chi connectivity index (χ0n) is 30.2. The number of fused-ring (bicyclic) bond motifs is 1. The molecule has 2 heterocycles. The predicted molar refractivity (Wildman–Crippen MR) is 196 cm³/mol. The number of benzene rings is 2. The van der Waals surface area contributed by atoms with Gasteiger partial charge in [-0.25, -0.2) is 0 Å². The van der Waals surface area contributed by atoms with Gasteiger partial charge in [0, 0.05) is 49.0 Å². The minimum atomic E-state index is -0.818. The van der Waals surface area contributed by atoms with Crippen LogP contribution >= 0.6 is 11.6 Å². The number of hydrogen-bond acceptors (Lipinski definition) is 4. The van der Waals surface area contributed by atoms with Crippen molar-refractivity contribution in [3.63, 3.8) is 0 Å². The first-order valence-electron chi connectivity index (χ1n) is 16.8. The predicted octanol–water partition coefficient (Wildman–Crippen LogP) is 9.92. The summed E-state index contributed by atoms with van der Waals surface area (Å²) in [6, 6.07) is 15.0. The Morgan fingerprint density at radius 3 is 2.11 bits per heavy atom. The van der Waals surface area contributed by atoms with Gasteiger partial charge < -0.3 is 15.1 Å². The van der Waals surface area contributed by atoms with Crippen LogP contribution in [0.3, 0.4) is 0 Å². The van der Waals surface area contributed by atoms with Crippen LogP contribution in [0.5, 0.6) is 0 Å². The highest BCUT2D eigenvalue weighted by atomic mass is 35.5. The van der Waals surface area contributed by atoms with E-state index in [0.717, 1.165) is 79.4 Å². The molecule has 0 radical (unpaired) electrons. The van der Waals surface area contributed by atoms with Crippen molar-refractivity contribution in [2.24, 2.45) is 5.41 Å². The van der Waals surface area contributed by atoms with Crippen molar-refractivity contribution in [3.05, 3.63) is 98.7 Å². The van der Waals surface area contributed by atoms with Crippen LogP contribution in [0.2, 0.25) is 5.02 Å². The lowest BCUT2D eigenvalue weighted by atomic mass is 9.81. The van der Waals surface area contributed by atoms with Crippen LogP contribution in [-0.2, 0) is 24.3 Å². The number of rotatable bonds is 8. The van der Waals surface area contributed by atoms with Gasteiger partial charge in [0.25, 0.3) is 0 Å². The molecule has 0 amide bonds. The van der Waals surface area contributed by atoms with Crippen molar-refractivity contribution in [1.82, 2.24) is 9.80 Å². The monoisotopic (exact) mass is 650 g/mol. The summed E-state index contributed by atoms with van der Waals surface area (Å²) in [7, 11) is 0. The number of aliphatic hydroxyl groups is 1. The number of allylic oxidation sites excluding steroid dienone is 3. The fraction of sp³-hybridized carbons (Fsp3) is 0.525. The Morgan fingerprint density at radius 2 is 1.59 bits per heavy atom. The Morgan fingerprint density at radius 1 is 0.978 bits per heavy atom. The molecule has 6 heteroatoms. The molecule has 2 aromatic rings.